The third-order valence-electron chi connectivity index (χ3n) is 4.76. The van der Waals surface area contributed by atoms with Gasteiger partial charge in [-0.15, -0.1) is 0 Å². The van der Waals surface area contributed by atoms with Crippen molar-refractivity contribution in [1.29, 1.82) is 0 Å². The molecule has 1 unspecified atom stereocenters. The Labute approximate surface area is 158 Å². The van der Waals surface area contributed by atoms with E-state index in [2.05, 4.69) is 90.1 Å². The Morgan fingerprint density at radius 2 is 1.44 bits per heavy atom. The monoisotopic (exact) mass is 342 g/mol. The largest absolute Gasteiger partial charge is 0.0874 e. The third kappa shape index (κ3) is 11.8. The van der Waals surface area contributed by atoms with Gasteiger partial charge in [-0.25, -0.2) is 0 Å². The van der Waals surface area contributed by atoms with Gasteiger partial charge in [0.25, 0.3) is 0 Å². The van der Waals surface area contributed by atoms with Gasteiger partial charge in [0.05, 0.1) is 0 Å². The van der Waals surface area contributed by atoms with Crippen LogP contribution in [0.5, 0.6) is 0 Å². The number of hydrogen-bond acceptors (Lipinski definition) is 0. The molecule has 0 heterocycles. The van der Waals surface area contributed by atoms with Gasteiger partial charge >= 0.3 is 0 Å². The lowest BCUT2D eigenvalue weighted by molar-refractivity contribution is 0.439. The molecule has 0 aliphatic heterocycles. The minimum absolute atomic E-state index is 0.723. The molecule has 25 heavy (non-hydrogen) atoms. The molecule has 0 radical (unpaired) electrons. The van der Waals surface area contributed by atoms with Crippen LogP contribution < -0.4 is 0 Å². The Balaban J connectivity index is 0.000000472. The van der Waals surface area contributed by atoms with Crippen LogP contribution in [-0.2, 0) is 0 Å². The van der Waals surface area contributed by atoms with E-state index in [0.29, 0.717) is 0 Å². The summed E-state index contributed by atoms with van der Waals surface area (Å²) in [6.45, 7) is 13.3. The molecule has 1 atom stereocenters. The normalized spacial score (nSPS) is 13.0. The number of hydrogen-bond donors (Lipinski definition) is 0. The van der Waals surface area contributed by atoms with Crippen LogP contribution in [0.15, 0.2) is 54.1 Å². The van der Waals surface area contributed by atoms with Crippen molar-refractivity contribution in [2.24, 2.45) is 5.92 Å². The average molecular weight is 343 g/mol. The standard InChI is InChI=1S/C14H26.C11H16/c1-5-9-13(8-4)12-14(10-6-2)11-7-3;1-3-7-10(2)11-8-5-4-6-9-11/h5,8-9,14H,6-7,10-12H2,1-4H3;4-6,8-10H,3,7H2,1-2H3/b9-5-,13-8+;. The van der Waals surface area contributed by atoms with Crippen molar-refractivity contribution >= 4 is 0 Å². The minimum Gasteiger partial charge on any atom is -0.0874 e. The van der Waals surface area contributed by atoms with Crippen LogP contribution in [0.4, 0.5) is 0 Å². The van der Waals surface area contributed by atoms with E-state index in [4.69, 9.17) is 0 Å². The second kappa shape index (κ2) is 16.2. The van der Waals surface area contributed by atoms with Gasteiger partial charge in [-0.3, -0.25) is 0 Å². The zero-order chi connectivity index (χ0) is 18.9. The van der Waals surface area contributed by atoms with Crippen molar-refractivity contribution in [2.75, 3.05) is 0 Å². The summed E-state index contributed by atoms with van der Waals surface area (Å²) in [6.07, 6.45) is 15.9. The molecule has 0 saturated heterocycles. The fourth-order valence-corrected chi connectivity index (χ4v) is 3.38. The molecule has 0 N–H and O–H groups in total. The smallest absolute Gasteiger partial charge is 0.0190 e. The second-order valence-electron chi connectivity index (χ2n) is 7.11. The first-order valence-electron chi connectivity index (χ1n) is 10.4. The van der Waals surface area contributed by atoms with Crippen LogP contribution in [0.2, 0.25) is 0 Å². The highest BCUT2D eigenvalue weighted by molar-refractivity contribution is 5.18. The van der Waals surface area contributed by atoms with Gasteiger partial charge in [-0.1, -0.05) is 114 Å². The number of allylic oxidation sites excluding steroid dienone is 4. The zero-order valence-electron chi connectivity index (χ0n) is 17.7. The first-order valence-corrected chi connectivity index (χ1v) is 10.4. The van der Waals surface area contributed by atoms with Crippen molar-refractivity contribution in [2.45, 2.75) is 92.4 Å². The molecule has 0 amide bonds. The van der Waals surface area contributed by atoms with Crippen LogP contribution in [0, 0.1) is 5.92 Å². The van der Waals surface area contributed by atoms with Crippen LogP contribution in [-0.4, -0.2) is 0 Å². The fraction of sp³-hybridized carbons (Fsp3) is 0.600. The predicted molar refractivity (Wildman–Crippen MR) is 116 cm³/mol. The van der Waals surface area contributed by atoms with Crippen LogP contribution in [0.25, 0.3) is 0 Å². The Bertz CT molecular complexity index is 446. The van der Waals surface area contributed by atoms with Crippen LogP contribution in [0.3, 0.4) is 0 Å². The SMILES string of the molecule is C/C=C\C(=C/C)CC(CCC)CCC.CCCC(C)c1ccccc1. The van der Waals surface area contributed by atoms with E-state index in [1.807, 2.05) is 0 Å². The van der Waals surface area contributed by atoms with E-state index in [1.165, 1.54) is 56.1 Å². The summed E-state index contributed by atoms with van der Waals surface area (Å²) in [5.41, 5.74) is 2.97. The van der Waals surface area contributed by atoms with Crippen molar-refractivity contribution in [3.8, 4) is 0 Å². The molecule has 0 aliphatic carbocycles. The summed E-state index contributed by atoms with van der Waals surface area (Å²) in [6, 6.07) is 10.7. The third-order valence-corrected chi connectivity index (χ3v) is 4.76. The highest BCUT2D eigenvalue weighted by Gasteiger charge is 2.07. The average Bonchev–Trinajstić information content (AvgIpc) is 2.63. The molecule has 0 nitrogen and oxygen atoms in total. The summed E-state index contributed by atoms with van der Waals surface area (Å²) in [7, 11) is 0. The number of benzene rings is 1. The van der Waals surface area contributed by atoms with E-state index < -0.39 is 0 Å². The highest BCUT2D eigenvalue weighted by Crippen LogP contribution is 2.22. The van der Waals surface area contributed by atoms with Crippen molar-refractivity contribution < 1.29 is 0 Å². The topological polar surface area (TPSA) is 0 Å². The van der Waals surface area contributed by atoms with E-state index >= 15 is 0 Å². The van der Waals surface area contributed by atoms with Crippen molar-refractivity contribution in [1.82, 2.24) is 0 Å². The van der Waals surface area contributed by atoms with Gasteiger partial charge < -0.3 is 0 Å². The van der Waals surface area contributed by atoms with Gasteiger partial charge in [-0.2, -0.15) is 0 Å². The van der Waals surface area contributed by atoms with Crippen molar-refractivity contribution in [3.05, 3.63) is 59.7 Å². The Hall–Kier alpha value is -1.30. The molecule has 0 aliphatic rings. The lowest BCUT2D eigenvalue weighted by atomic mass is 9.91. The van der Waals surface area contributed by atoms with Crippen LogP contribution >= 0.6 is 0 Å². The van der Waals surface area contributed by atoms with E-state index in [9.17, 15) is 0 Å². The van der Waals surface area contributed by atoms with Gasteiger partial charge in [0.1, 0.15) is 0 Å². The molecule has 0 saturated carbocycles. The summed E-state index contributed by atoms with van der Waals surface area (Å²) in [5.74, 6) is 1.62. The van der Waals surface area contributed by atoms with Gasteiger partial charge in [-0.05, 0) is 44.1 Å². The fourth-order valence-electron chi connectivity index (χ4n) is 3.38. The molecule has 0 spiro atoms. The Morgan fingerprint density at radius 3 is 1.88 bits per heavy atom. The highest BCUT2D eigenvalue weighted by atomic mass is 14.1. The second-order valence-corrected chi connectivity index (χ2v) is 7.11. The maximum absolute atomic E-state index is 2.29. The Morgan fingerprint density at radius 1 is 0.880 bits per heavy atom. The molecule has 0 bridgehead atoms. The van der Waals surface area contributed by atoms with Gasteiger partial charge in [0.15, 0.2) is 0 Å². The summed E-state index contributed by atoms with van der Waals surface area (Å²) in [4.78, 5) is 0. The van der Waals surface area contributed by atoms with Crippen LogP contribution in [0.1, 0.15) is 98.0 Å². The molecular weight excluding hydrogens is 300 g/mol. The van der Waals surface area contributed by atoms with E-state index in [0.717, 1.165) is 11.8 Å². The molecule has 1 aromatic carbocycles. The quantitative estimate of drug-likeness (QED) is 0.373. The lowest BCUT2D eigenvalue weighted by Crippen LogP contribution is -2.00. The molecule has 1 aromatic rings. The molecular formula is C25H42. The van der Waals surface area contributed by atoms with Crippen molar-refractivity contribution in [3.63, 3.8) is 0 Å². The molecule has 142 valence electrons. The minimum atomic E-state index is 0.723. The zero-order valence-corrected chi connectivity index (χ0v) is 17.7. The molecule has 0 heteroatoms. The number of rotatable bonds is 10. The molecule has 0 fully saturated rings. The first kappa shape index (κ1) is 23.7. The predicted octanol–water partition coefficient (Wildman–Crippen LogP) is 8.71. The lowest BCUT2D eigenvalue weighted by Gasteiger charge is -2.15. The van der Waals surface area contributed by atoms with E-state index in [-0.39, 0.29) is 0 Å². The maximum atomic E-state index is 2.29. The summed E-state index contributed by atoms with van der Waals surface area (Å²) in [5, 5.41) is 0. The van der Waals surface area contributed by atoms with Gasteiger partial charge in [0.2, 0.25) is 0 Å². The van der Waals surface area contributed by atoms with E-state index in [1.54, 1.807) is 0 Å². The Kier molecular flexibility index (Phi) is 15.3. The molecule has 0 aromatic heterocycles. The maximum Gasteiger partial charge on any atom is -0.0190 e. The summed E-state index contributed by atoms with van der Waals surface area (Å²) >= 11 is 0. The summed E-state index contributed by atoms with van der Waals surface area (Å²) < 4.78 is 0. The first-order chi connectivity index (χ1) is 12.1. The van der Waals surface area contributed by atoms with Gasteiger partial charge in [0, 0.05) is 0 Å². The molecule has 1 rings (SSSR count).